The Morgan fingerprint density at radius 2 is 1.73 bits per heavy atom. The van der Waals surface area contributed by atoms with Gasteiger partial charge in [-0.15, -0.1) is 0 Å². The zero-order chi connectivity index (χ0) is 21.1. The highest BCUT2D eigenvalue weighted by molar-refractivity contribution is 7.89. The predicted octanol–water partition coefficient (Wildman–Crippen LogP) is 3.99. The van der Waals surface area contributed by atoms with E-state index in [9.17, 15) is 8.42 Å². The van der Waals surface area contributed by atoms with E-state index < -0.39 is 10.0 Å². The average molecular weight is 463 g/mol. The minimum atomic E-state index is -3.53. The first-order valence-electron chi connectivity index (χ1n) is 9.80. The fourth-order valence-electron chi connectivity index (χ4n) is 3.41. The molecule has 30 heavy (non-hydrogen) atoms. The molecule has 1 saturated heterocycles. The van der Waals surface area contributed by atoms with Crippen LogP contribution in [0.2, 0.25) is 5.02 Å². The molecule has 0 unspecified atom stereocenters. The van der Waals surface area contributed by atoms with Crippen molar-refractivity contribution in [3.05, 3.63) is 70.5 Å². The maximum atomic E-state index is 13.0. The zero-order valence-electron chi connectivity index (χ0n) is 16.7. The van der Waals surface area contributed by atoms with Gasteiger partial charge in [0.2, 0.25) is 15.2 Å². The second-order valence-electron chi connectivity index (χ2n) is 7.35. The molecule has 1 fully saturated rings. The van der Waals surface area contributed by atoms with E-state index >= 15 is 0 Å². The Hall–Kier alpha value is -2.00. The van der Waals surface area contributed by atoms with Gasteiger partial charge in [0.05, 0.1) is 4.90 Å². The highest BCUT2D eigenvalue weighted by atomic mass is 35.5. The Bertz CT molecular complexity index is 1100. The number of aromatic nitrogens is 2. The summed E-state index contributed by atoms with van der Waals surface area (Å²) in [5.74, 6) is 0.800. The number of anilines is 1. The number of aryl methyl sites for hydroxylation is 1. The summed E-state index contributed by atoms with van der Waals surface area (Å²) >= 11 is 7.27. The number of benzene rings is 2. The Morgan fingerprint density at radius 1 is 1.00 bits per heavy atom. The van der Waals surface area contributed by atoms with E-state index in [4.69, 9.17) is 16.6 Å². The summed E-state index contributed by atoms with van der Waals surface area (Å²) in [5, 5.41) is 1.37. The molecule has 1 aliphatic rings. The van der Waals surface area contributed by atoms with Crippen LogP contribution in [0.5, 0.6) is 0 Å². The molecule has 4 rings (SSSR count). The Morgan fingerprint density at radius 3 is 2.47 bits per heavy atom. The smallest absolute Gasteiger partial charge is 0.243 e. The van der Waals surface area contributed by atoms with Crippen molar-refractivity contribution >= 4 is 38.3 Å². The summed E-state index contributed by atoms with van der Waals surface area (Å²) < 4.78 is 32.0. The number of rotatable bonds is 5. The van der Waals surface area contributed by atoms with Gasteiger partial charge in [-0.05, 0) is 43.2 Å². The van der Waals surface area contributed by atoms with Crippen LogP contribution in [0.15, 0.2) is 53.4 Å². The predicted molar refractivity (Wildman–Crippen MR) is 121 cm³/mol. The third-order valence-electron chi connectivity index (χ3n) is 5.12. The molecule has 2 aromatic carbocycles. The number of halogens is 1. The van der Waals surface area contributed by atoms with Crippen LogP contribution >= 0.6 is 23.1 Å². The van der Waals surface area contributed by atoms with Crippen molar-refractivity contribution in [2.75, 3.05) is 31.1 Å². The van der Waals surface area contributed by atoms with E-state index in [1.165, 1.54) is 22.7 Å². The van der Waals surface area contributed by atoms with Gasteiger partial charge in [-0.2, -0.15) is 8.68 Å². The highest BCUT2D eigenvalue weighted by Crippen LogP contribution is 2.24. The first-order chi connectivity index (χ1) is 14.4. The van der Waals surface area contributed by atoms with Crippen LogP contribution in [0.1, 0.15) is 23.4 Å². The van der Waals surface area contributed by atoms with E-state index in [0.717, 1.165) is 23.9 Å². The number of hydrogen-bond acceptors (Lipinski definition) is 6. The fourth-order valence-corrected chi connectivity index (χ4v) is 5.75. The van der Waals surface area contributed by atoms with E-state index in [0.29, 0.717) is 31.1 Å². The first kappa shape index (κ1) is 21.2. The molecule has 0 saturated carbocycles. The van der Waals surface area contributed by atoms with Crippen LogP contribution in [0.25, 0.3) is 0 Å². The lowest BCUT2D eigenvalue weighted by atomic mass is 10.1. The molecule has 158 valence electrons. The van der Waals surface area contributed by atoms with Crippen LogP contribution in [-0.4, -0.2) is 48.3 Å². The minimum Gasteiger partial charge on any atom is -0.345 e. The minimum absolute atomic E-state index is 0.275. The quantitative estimate of drug-likeness (QED) is 0.573. The van der Waals surface area contributed by atoms with E-state index in [2.05, 4.69) is 40.5 Å². The zero-order valence-corrected chi connectivity index (χ0v) is 19.1. The van der Waals surface area contributed by atoms with Crippen molar-refractivity contribution in [1.29, 1.82) is 0 Å². The highest BCUT2D eigenvalue weighted by Gasteiger charge is 2.27. The van der Waals surface area contributed by atoms with E-state index in [1.807, 2.05) is 0 Å². The molecule has 0 radical (unpaired) electrons. The van der Waals surface area contributed by atoms with Gasteiger partial charge in [-0.1, -0.05) is 41.4 Å². The largest absolute Gasteiger partial charge is 0.345 e. The SMILES string of the molecule is Cc1ccc(Cc2nsc(N3CCCN(S(=O)(=O)c4ccc(Cl)cc4)CC3)n2)cc1. The molecule has 9 heteroatoms. The summed E-state index contributed by atoms with van der Waals surface area (Å²) in [7, 11) is -3.53. The maximum Gasteiger partial charge on any atom is 0.243 e. The van der Waals surface area contributed by atoms with Gasteiger partial charge < -0.3 is 4.90 Å². The molecule has 0 bridgehead atoms. The van der Waals surface area contributed by atoms with Crippen LogP contribution < -0.4 is 4.90 Å². The molecule has 0 atom stereocenters. The molecule has 0 N–H and O–H groups in total. The third-order valence-corrected chi connectivity index (χ3v) is 8.10. The average Bonchev–Trinajstić information content (AvgIpc) is 3.04. The second kappa shape index (κ2) is 9.01. The van der Waals surface area contributed by atoms with Crippen LogP contribution in [0, 0.1) is 6.92 Å². The van der Waals surface area contributed by atoms with Gasteiger partial charge in [-0.25, -0.2) is 13.4 Å². The lowest BCUT2D eigenvalue weighted by Gasteiger charge is -2.21. The van der Waals surface area contributed by atoms with Gasteiger partial charge in [0, 0.05) is 49.2 Å². The molecule has 0 amide bonds. The van der Waals surface area contributed by atoms with Gasteiger partial charge in [0.25, 0.3) is 0 Å². The summed E-state index contributed by atoms with van der Waals surface area (Å²) in [5.41, 5.74) is 2.41. The summed E-state index contributed by atoms with van der Waals surface area (Å²) in [6, 6.07) is 14.7. The molecule has 6 nitrogen and oxygen atoms in total. The first-order valence-corrected chi connectivity index (χ1v) is 12.4. The topological polar surface area (TPSA) is 66.4 Å². The van der Waals surface area contributed by atoms with Crippen LogP contribution in [0.3, 0.4) is 0 Å². The molecular formula is C21H23ClN4O2S2. The second-order valence-corrected chi connectivity index (χ2v) is 10.5. The van der Waals surface area contributed by atoms with Crippen molar-refractivity contribution in [2.24, 2.45) is 0 Å². The third kappa shape index (κ3) is 4.83. The lowest BCUT2D eigenvalue weighted by Crippen LogP contribution is -2.35. The Kier molecular flexibility index (Phi) is 6.38. The van der Waals surface area contributed by atoms with Crippen molar-refractivity contribution in [2.45, 2.75) is 24.7 Å². The molecule has 3 aromatic rings. The number of nitrogens with zero attached hydrogens (tertiary/aromatic N) is 4. The monoisotopic (exact) mass is 462 g/mol. The van der Waals surface area contributed by atoms with E-state index in [1.54, 1.807) is 28.6 Å². The van der Waals surface area contributed by atoms with Crippen LogP contribution in [0.4, 0.5) is 5.13 Å². The molecule has 1 aromatic heterocycles. The van der Waals surface area contributed by atoms with Crippen molar-refractivity contribution < 1.29 is 8.42 Å². The fraction of sp³-hybridized carbons (Fsp3) is 0.333. The number of sulfonamides is 1. The molecule has 0 spiro atoms. The summed E-state index contributed by atoms with van der Waals surface area (Å²) in [6.07, 6.45) is 1.43. The van der Waals surface area contributed by atoms with Crippen molar-refractivity contribution in [1.82, 2.24) is 13.7 Å². The van der Waals surface area contributed by atoms with Crippen molar-refractivity contribution in [3.8, 4) is 0 Å². The molecule has 1 aliphatic heterocycles. The number of hydrogen-bond donors (Lipinski definition) is 0. The van der Waals surface area contributed by atoms with Gasteiger partial charge in [0.15, 0.2) is 0 Å². The summed E-state index contributed by atoms with van der Waals surface area (Å²) in [6.45, 7) is 4.31. The molecule has 0 aliphatic carbocycles. The molecule has 2 heterocycles. The maximum absolute atomic E-state index is 13.0. The van der Waals surface area contributed by atoms with Gasteiger partial charge in [0.1, 0.15) is 5.82 Å². The lowest BCUT2D eigenvalue weighted by molar-refractivity contribution is 0.433. The Balaban J connectivity index is 1.42. The summed E-state index contributed by atoms with van der Waals surface area (Å²) in [4.78, 5) is 7.11. The van der Waals surface area contributed by atoms with Gasteiger partial charge >= 0.3 is 0 Å². The normalized spacial score (nSPS) is 15.9. The van der Waals surface area contributed by atoms with Crippen molar-refractivity contribution in [3.63, 3.8) is 0 Å². The van der Waals surface area contributed by atoms with Gasteiger partial charge in [-0.3, -0.25) is 0 Å². The van der Waals surface area contributed by atoms with Crippen LogP contribution in [-0.2, 0) is 16.4 Å². The molecular weight excluding hydrogens is 440 g/mol. The Labute approximate surface area is 186 Å². The van der Waals surface area contributed by atoms with E-state index in [-0.39, 0.29) is 4.90 Å². The standard InChI is InChI=1S/C21H23ClN4O2S2/c1-16-3-5-17(6-4-16)15-20-23-21(29-24-20)25-11-2-12-26(14-13-25)30(27,28)19-9-7-18(22)8-10-19/h3-10H,2,11-15H2,1H3.